The minimum absolute atomic E-state index is 0.106. The molecular formula is C16H16FNO2S. The Hall–Kier alpha value is -1.88. The summed E-state index contributed by atoms with van der Waals surface area (Å²) in [6, 6.07) is 7.92. The standard InChI is InChI=1S/C16H16FNO2S/c17-13-4-3-5-14(9-13)20-10-12-8-15(21-11-12)16(19)18-6-1-2-7-18/h3-5,8-9,11H,1-2,6-7,10H2. The number of hydrogen-bond donors (Lipinski definition) is 0. The number of ether oxygens (including phenoxy) is 1. The molecule has 0 unspecified atom stereocenters. The van der Waals surface area contributed by atoms with Gasteiger partial charge in [-0.2, -0.15) is 0 Å². The molecule has 0 saturated carbocycles. The first-order chi connectivity index (χ1) is 10.2. The van der Waals surface area contributed by atoms with Crippen LogP contribution in [-0.4, -0.2) is 23.9 Å². The predicted molar refractivity (Wildman–Crippen MR) is 80.2 cm³/mol. The average molecular weight is 305 g/mol. The third kappa shape index (κ3) is 3.42. The number of likely N-dealkylation sites (tertiary alicyclic amines) is 1. The molecule has 0 N–H and O–H groups in total. The Morgan fingerprint density at radius 1 is 1.29 bits per heavy atom. The molecule has 0 aliphatic carbocycles. The summed E-state index contributed by atoms with van der Waals surface area (Å²) in [7, 11) is 0. The van der Waals surface area contributed by atoms with Gasteiger partial charge in [-0.15, -0.1) is 11.3 Å². The lowest BCUT2D eigenvalue weighted by molar-refractivity contribution is 0.0797. The highest BCUT2D eigenvalue weighted by Crippen LogP contribution is 2.21. The molecule has 1 aromatic carbocycles. The molecule has 1 aliphatic rings. The van der Waals surface area contributed by atoms with E-state index in [0.717, 1.165) is 36.4 Å². The van der Waals surface area contributed by atoms with E-state index < -0.39 is 0 Å². The Kier molecular flexibility index (Phi) is 4.20. The normalized spacial score (nSPS) is 14.4. The van der Waals surface area contributed by atoms with Gasteiger partial charge < -0.3 is 9.64 Å². The van der Waals surface area contributed by atoms with E-state index in [2.05, 4.69) is 0 Å². The number of nitrogens with zero attached hydrogens (tertiary/aromatic N) is 1. The summed E-state index contributed by atoms with van der Waals surface area (Å²) in [4.78, 5) is 14.9. The minimum Gasteiger partial charge on any atom is -0.489 e. The van der Waals surface area contributed by atoms with Crippen LogP contribution < -0.4 is 4.74 Å². The Balaban J connectivity index is 1.61. The molecule has 1 saturated heterocycles. The molecule has 21 heavy (non-hydrogen) atoms. The molecule has 1 fully saturated rings. The summed E-state index contributed by atoms with van der Waals surface area (Å²) >= 11 is 1.44. The summed E-state index contributed by atoms with van der Waals surface area (Å²) in [5.41, 5.74) is 0.937. The summed E-state index contributed by atoms with van der Waals surface area (Å²) in [5.74, 6) is 0.283. The third-order valence-electron chi connectivity index (χ3n) is 3.46. The summed E-state index contributed by atoms with van der Waals surface area (Å²) < 4.78 is 18.6. The largest absolute Gasteiger partial charge is 0.489 e. The van der Waals surface area contributed by atoms with Crippen LogP contribution in [0.3, 0.4) is 0 Å². The molecule has 3 nitrogen and oxygen atoms in total. The third-order valence-corrected chi connectivity index (χ3v) is 4.43. The zero-order valence-electron chi connectivity index (χ0n) is 11.5. The number of carbonyl (C=O) groups is 1. The van der Waals surface area contributed by atoms with Crippen LogP contribution in [0.4, 0.5) is 4.39 Å². The lowest BCUT2D eigenvalue weighted by Gasteiger charge is -2.13. The maximum absolute atomic E-state index is 13.0. The fourth-order valence-electron chi connectivity index (χ4n) is 2.36. The van der Waals surface area contributed by atoms with Crippen LogP contribution in [-0.2, 0) is 6.61 Å². The zero-order valence-corrected chi connectivity index (χ0v) is 12.4. The summed E-state index contributed by atoms with van der Waals surface area (Å²) in [6.45, 7) is 2.05. The Morgan fingerprint density at radius 3 is 2.86 bits per heavy atom. The maximum atomic E-state index is 13.0. The van der Waals surface area contributed by atoms with Crippen LogP contribution in [0.2, 0.25) is 0 Å². The Morgan fingerprint density at radius 2 is 2.10 bits per heavy atom. The number of amides is 1. The van der Waals surface area contributed by atoms with Crippen molar-refractivity contribution < 1.29 is 13.9 Å². The van der Waals surface area contributed by atoms with Gasteiger partial charge in [0.1, 0.15) is 18.2 Å². The summed E-state index contributed by atoms with van der Waals surface area (Å²) in [5, 5.41) is 1.92. The van der Waals surface area contributed by atoms with E-state index in [0.29, 0.717) is 12.4 Å². The molecule has 1 aliphatic heterocycles. The lowest BCUT2D eigenvalue weighted by Crippen LogP contribution is -2.26. The fourth-order valence-corrected chi connectivity index (χ4v) is 3.23. The Bertz CT molecular complexity index is 635. The van der Waals surface area contributed by atoms with Crippen molar-refractivity contribution in [3.8, 4) is 5.75 Å². The number of benzene rings is 1. The fraction of sp³-hybridized carbons (Fsp3) is 0.312. The Labute approximate surface area is 127 Å². The predicted octanol–water partition coefficient (Wildman–Crippen LogP) is 3.70. The molecular weight excluding hydrogens is 289 g/mol. The number of hydrogen-bond acceptors (Lipinski definition) is 3. The molecule has 0 radical (unpaired) electrons. The second-order valence-electron chi connectivity index (χ2n) is 5.06. The summed E-state index contributed by atoms with van der Waals surface area (Å²) in [6.07, 6.45) is 2.18. The van der Waals surface area contributed by atoms with Crippen molar-refractivity contribution in [3.05, 3.63) is 52.0 Å². The van der Waals surface area contributed by atoms with Gasteiger partial charge in [0, 0.05) is 24.7 Å². The molecule has 0 atom stereocenters. The molecule has 1 amide bonds. The first kappa shape index (κ1) is 14.1. The molecule has 5 heteroatoms. The molecule has 2 heterocycles. The molecule has 0 spiro atoms. The van der Waals surface area contributed by atoms with Crippen LogP contribution in [0.5, 0.6) is 5.75 Å². The van der Waals surface area contributed by atoms with E-state index in [1.807, 2.05) is 16.3 Å². The SMILES string of the molecule is O=C(c1cc(COc2cccc(F)c2)cs1)N1CCCC1. The minimum atomic E-state index is -0.317. The number of carbonyl (C=O) groups excluding carboxylic acids is 1. The highest BCUT2D eigenvalue weighted by molar-refractivity contribution is 7.12. The zero-order chi connectivity index (χ0) is 14.7. The van der Waals surface area contributed by atoms with Crippen molar-refractivity contribution in [3.63, 3.8) is 0 Å². The van der Waals surface area contributed by atoms with E-state index in [4.69, 9.17) is 4.74 Å². The van der Waals surface area contributed by atoms with Gasteiger partial charge in [0.05, 0.1) is 4.88 Å². The van der Waals surface area contributed by atoms with Crippen LogP contribution in [0.25, 0.3) is 0 Å². The van der Waals surface area contributed by atoms with E-state index >= 15 is 0 Å². The van der Waals surface area contributed by atoms with E-state index in [-0.39, 0.29) is 11.7 Å². The highest BCUT2D eigenvalue weighted by atomic mass is 32.1. The van der Waals surface area contributed by atoms with Gasteiger partial charge in [0.25, 0.3) is 5.91 Å². The maximum Gasteiger partial charge on any atom is 0.263 e. The van der Waals surface area contributed by atoms with Gasteiger partial charge >= 0.3 is 0 Å². The molecule has 2 aromatic rings. The van der Waals surface area contributed by atoms with Crippen molar-refractivity contribution in [2.75, 3.05) is 13.1 Å². The lowest BCUT2D eigenvalue weighted by atomic mass is 10.3. The molecule has 0 bridgehead atoms. The first-order valence-electron chi connectivity index (χ1n) is 6.97. The molecule has 1 aromatic heterocycles. The van der Waals surface area contributed by atoms with Gasteiger partial charge in [-0.25, -0.2) is 4.39 Å². The highest BCUT2D eigenvalue weighted by Gasteiger charge is 2.20. The van der Waals surface area contributed by atoms with E-state index in [9.17, 15) is 9.18 Å². The van der Waals surface area contributed by atoms with Crippen LogP contribution in [0, 0.1) is 5.82 Å². The van der Waals surface area contributed by atoms with Crippen LogP contribution in [0.1, 0.15) is 28.1 Å². The molecule has 3 rings (SSSR count). The van der Waals surface area contributed by atoms with Crippen molar-refractivity contribution in [2.45, 2.75) is 19.4 Å². The second-order valence-corrected chi connectivity index (χ2v) is 5.98. The smallest absolute Gasteiger partial charge is 0.263 e. The number of thiophene rings is 1. The number of rotatable bonds is 4. The van der Waals surface area contributed by atoms with Gasteiger partial charge in [-0.3, -0.25) is 4.79 Å². The van der Waals surface area contributed by atoms with E-state index in [1.54, 1.807) is 12.1 Å². The number of halogens is 1. The second kappa shape index (κ2) is 6.26. The van der Waals surface area contributed by atoms with Crippen LogP contribution in [0.15, 0.2) is 35.7 Å². The topological polar surface area (TPSA) is 29.5 Å². The molecule has 110 valence electrons. The van der Waals surface area contributed by atoms with Gasteiger partial charge in [0.2, 0.25) is 0 Å². The van der Waals surface area contributed by atoms with Crippen molar-refractivity contribution >= 4 is 17.2 Å². The van der Waals surface area contributed by atoms with Gasteiger partial charge in [0.15, 0.2) is 0 Å². The first-order valence-corrected chi connectivity index (χ1v) is 7.85. The average Bonchev–Trinajstić information content (AvgIpc) is 3.16. The van der Waals surface area contributed by atoms with Crippen LogP contribution >= 0.6 is 11.3 Å². The van der Waals surface area contributed by atoms with Gasteiger partial charge in [-0.05, 0) is 36.4 Å². The quantitative estimate of drug-likeness (QED) is 0.862. The van der Waals surface area contributed by atoms with Crippen molar-refractivity contribution in [2.24, 2.45) is 0 Å². The van der Waals surface area contributed by atoms with Crippen molar-refractivity contribution in [1.82, 2.24) is 4.90 Å². The van der Waals surface area contributed by atoms with Gasteiger partial charge in [-0.1, -0.05) is 6.07 Å². The monoisotopic (exact) mass is 305 g/mol. The van der Waals surface area contributed by atoms with E-state index in [1.165, 1.54) is 23.5 Å². The van der Waals surface area contributed by atoms with Crippen molar-refractivity contribution in [1.29, 1.82) is 0 Å².